The second-order valence-electron chi connectivity index (χ2n) is 2.76. The molecule has 0 fully saturated rings. The summed E-state index contributed by atoms with van der Waals surface area (Å²) in [5.74, 6) is -1.52. The smallest absolute Gasteiger partial charge is 0.322 e. The Morgan fingerprint density at radius 1 is 1.57 bits per heavy atom. The van der Waals surface area contributed by atoms with Crippen LogP contribution in [0.1, 0.15) is 13.8 Å². The maximum atomic E-state index is 11.1. The number of esters is 1. The number of sulfonamides is 1. The van der Waals surface area contributed by atoms with Gasteiger partial charge >= 0.3 is 5.97 Å². The van der Waals surface area contributed by atoms with Crippen LogP contribution in [0, 0.1) is 0 Å². The second kappa shape index (κ2) is 5.94. The molecule has 0 saturated carbocycles. The van der Waals surface area contributed by atoms with Crippen molar-refractivity contribution in [2.24, 2.45) is 0 Å². The fourth-order valence-electron chi connectivity index (χ4n) is 0.656. The van der Waals surface area contributed by atoms with Gasteiger partial charge in [0, 0.05) is 6.54 Å². The van der Waals surface area contributed by atoms with Crippen LogP contribution in [0.4, 0.5) is 0 Å². The summed E-state index contributed by atoms with van der Waals surface area (Å²) in [7, 11) is -3.68. The Bertz CT molecular complexity index is 272. The number of aliphatic hydroxyl groups is 1. The number of hydrogen-bond acceptors (Lipinski definition) is 5. The van der Waals surface area contributed by atoms with Crippen molar-refractivity contribution in [2.45, 2.75) is 20.0 Å². The number of ether oxygens (including phenoxy) is 1. The van der Waals surface area contributed by atoms with Crippen LogP contribution in [0.25, 0.3) is 0 Å². The van der Waals surface area contributed by atoms with Gasteiger partial charge in [-0.25, -0.2) is 13.1 Å². The van der Waals surface area contributed by atoms with Gasteiger partial charge in [0.1, 0.15) is 0 Å². The van der Waals surface area contributed by atoms with E-state index in [1.165, 1.54) is 6.92 Å². The highest BCUT2D eigenvalue weighted by Gasteiger charge is 2.17. The molecule has 0 bridgehead atoms. The molecule has 14 heavy (non-hydrogen) atoms. The van der Waals surface area contributed by atoms with E-state index in [0.29, 0.717) is 0 Å². The van der Waals surface area contributed by atoms with Crippen LogP contribution in [-0.4, -0.2) is 44.5 Å². The van der Waals surface area contributed by atoms with Crippen LogP contribution >= 0.6 is 0 Å². The van der Waals surface area contributed by atoms with E-state index in [1.54, 1.807) is 6.92 Å². The molecule has 0 aromatic carbocycles. The lowest BCUT2D eigenvalue weighted by atomic mass is 10.4. The number of carbonyl (C=O) groups excluding carboxylic acids is 1. The van der Waals surface area contributed by atoms with Gasteiger partial charge in [-0.15, -0.1) is 0 Å². The van der Waals surface area contributed by atoms with Crippen LogP contribution in [0.15, 0.2) is 0 Å². The molecule has 0 aliphatic rings. The molecule has 7 heteroatoms. The van der Waals surface area contributed by atoms with Gasteiger partial charge in [-0.3, -0.25) is 4.79 Å². The monoisotopic (exact) mass is 225 g/mol. The third kappa shape index (κ3) is 6.81. The summed E-state index contributed by atoms with van der Waals surface area (Å²) in [5.41, 5.74) is 0. The van der Waals surface area contributed by atoms with Gasteiger partial charge in [-0.05, 0) is 13.8 Å². The van der Waals surface area contributed by atoms with Gasteiger partial charge in [0.2, 0.25) is 10.0 Å². The van der Waals surface area contributed by atoms with E-state index in [9.17, 15) is 13.2 Å². The Kier molecular flexibility index (Phi) is 5.66. The average molecular weight is 225 g/mol. The van der Waals surface area contributed by atoms with Crippen LogP contribution in [0.5, 0.6) is 0 Å². The van der Waals surface area contributed by atoms with Crippen molar-refractivity contribution >= 4 is 16.0 Å². The summed E-state index contributed by atoms with van der Waals surface area (Å²) in [4.78, 5) is 10.8. The van der Waals surface area contributed by atoms with Crippen LogP contribution < -0.4 is 4.72 Å². The van der Waals surface area contributed by atoms with E-state index < -0.39 is 27.8 Å². The van der Waals surface area contributed by atoms with Crippen molar-refractivity contribution in [3.63, 3.8) is 0 Å². The summed E-state index contributed by atoms with van der Waals surface area (Å²) in [5, 5.41) is 8.81. The molecule has 0 aromatic heterocycles. The van der Waals surface area contributed by atoms with E-state index in [4.69, 9.17) is 5.11 Å². The van der Waals surface area contributed by atoms with E-state index in [1.807, 2.05) is 0 Å². The molecule has 0 radical (unpaired) electrons. The summed E-state index contributed by atoms with van der Waals surface area (Å²) >= 11 is 0. The molecule has 0 saturated heterocycles. The molecule has 0 aromatic rings. The minimum atomic E-state index is -3.68. The van der Waals surface area contributed by atoms with Crippen molar-refractivity contribution in [3.05, 3.63) is 0 Å². The molecule has 6 nitrogen and oxygen atoms in total. The van der Waals surface area contributed by atoms with Gasteiger partial charge in [0.25, 0.3) is 0 Å². The van der Waals surface area contributed by atoms with Crippen molar-refractivity contribution in [1.29, 1.82) is 0 Å². The Balaban J connectivity index is 4.01. The zero-order chi connectivity index (χ0) is 11.2. The molecule has 0 rings (SSSR count). The van der Waals surface area contributed by atoms with Crippen LogP contribution in [0.2, 0.25) is 0 Å². The summed E-state index contributed by atoms with van der Waals surface area (Å²) < 4.78 is 28.7. The van der Waals surface area contributed by atoms with E-state index in [-0.39, 0.29) is 13.2 Å². The first kappa shape index (κ1) is 13.3. The molecule has 0 heterocycles. The quantitative estimate of drug-likeness (QED) is 0.557. The molecular formula is C7H15NO5S. The predicted octanol–water partition coefficient (Wildman–Crippen LogP) is -1.15. The first-order chi connectivity index (χ1) is 6.37. The average Bonchev–Trinajstić information content (AvgIpc) is 2.00. The topological polar surface area (TPSA) is 92.7 Å². The molecule has 0 aliphatic heterocycles. The Labute approximate surface area is 83.3 Å². The molecular weight excluding hydrogens is 210 g/mol. The van der Waals surface area contributed by atoms with Gasteiger partial charge in [0.05, 0.1) is 12.7 Å². The summed E-state index contributed by atoms with van der Waals surface area (Å²) in [6, 6.07) is 0. The van der Waals surface area contributed by atoms with Crippen molar-refractivity contribution in [1.82, 2.24) is 4.72 Å². The highest BCUT2D eigenvalue weighted by atomic mass is 32.2. The highest BCUT2D eigenvalue weighted by Crippen LogP contribution is 1.89. The maximum Gasteiger partial charge on any atom is 0.322 e. The molecule has 0 aliphatic carbocycles. The highest BCUT2D eigenvalue weighted by molar-refractivity contribution is 7.90. The second-order valence-corrected chi connectivity index (χ2v) is 4.57. The number of hydrogen-bond donors (Lipinski definition) is 2. The lowest BCUT2D eigenvalue weighted by Gasteiger charge is -2.07. The lowest BCUT2D eigenvalue weighted by molar-refractivity contribution is -0.139. The lowest BCUT2D eigenvalue weighted by Crippen LogP contribution is -2.35. The number of aliphatic hydroxyl groups excluding tert-OH is 1. The SMILES string of the molecule is CCOC(=O)CS(=O)(=O)NCC(C)O. The zero-order valence-electron chi connectivity index (χ0n) is 8.19. The largest absolute Gasteiger partial charge is 0.465 e. The fraction of sp³-hybridized carbons (Fsp3) is 0.857. The third-order valence-electron chi connectivity index (χ3n) is 1.21. The Hall–Kier alpha value is -0.660. The minimum absolute atomic E-state index is 0.109. The molecule has 0 amide bonds. The molecule has 84 valence electrons. The van der Waals surface area contributed by atoms with E-state index in [2.05, 4.69) is 9.46 Å². The molecule has 0 spiro atoms. The Morgan fingerprint density at radius 3 is 2.57 bits per heavy atom. The Morgan fingerprint density at radius 2 is 2.14 bits per heavy atom. The zero-order valence-corrected chi connectivity index (χ0v) is 9.00. The normalized spacial score (nSPS) is 13.6. The molecule has 2 N–H and O–H groups in total. The van der Waals surface area contributed by atoms with Crippen molar-refractivity contribution < 1.29 is 23.1 Å². The number of carbonyl (C=O) groups is 1. The number of rotatable bonds is 6. The van der Waals surface area contributed by atoms with E-state index in [0.717, 1.165) is 0 Å². The van der Waals surface area contributed by atoms with Gasteiger partial charge < -0.3 is 9.84 Å². The summed E-state index contributed by atoms with van der Waals surface area (Å²) in [6.45, 7) is 3.06. The third-order valence-corrected chi connectivity index (χ3v) is 2.43. The maximum absolute atomic E-state index is 11.1. The van der Waals surface area contributed by atoms with Crippen LogP contribution in [-0.2, 0) is 19.6 Å². The van der Waals surface area contributed by atoms with E-state index >= 15 is 0 Å². The van der Waals surface area contributed by atoms with Crippen molar-refractivity contribution in [2.75, 3.05) is 18.9 Å². The van der Waals surface area contributed by atoms with Gasteiger partial charge in [-0.2, -0.15) is 0 Å². The van der Waals surface area contributed by atoms with Crippen molar-refractivity contribution in [3.8, 4) is 0 Å². The summed E-state index contributed by atoms with van der Waals surface area (Å²) in [6.07, 6.45) is -0.785. The standard InChI is InChI=1S/C7H15NO5S/c1-3-13-7(10)5-14(11,12)8-4-6(2)9/h6,8-9H,3-5H2,1-2H3. The first-order valence-corrected chi connectivity index (χ1v) is 5.83. The molecule has 1 unspecified atom stereocenters. The first-order valence-electron chi connectivity index (χ1n) is 4.18. The predicted molar refractivity (Wildman–Crippen MR) is 50.1 cm³/mol. The fourth-order valence-corrected chi connectivity index (χ4v) is 1.65. The van der Waals surface area contributed by atoms with Gasteiger partial charge in [-0.1, -0.05) is 0 Å². The van der Waals surface area contributed by atoms with Gasteiger partial charge in [0.15, 0.2) is 5.75 Å². The molecule has 1 atom stereocenters. The van der Waals surface area contributed by atoms with Crippen LogP contribution in [0.3, 0.4) is 0 Å². The minimum Gasteiger partial charge on any atom is -0.465 e. The number of nitrogens with one attached hydrogen (secondary N) is 1.